The fourth-order valence-electron chi connectivity index (χ4n) is 1.66. The molecule has 0 aliphatic heterocycles. The van der Waals surface area contributed by atoms with Gasteiger partial charge in [0.15, 0.2) is 0 Å². The molecule has 19 heavy (non-hydrogen) atoms. The predicted octanol–water partition coefficient (Wildman–Crippen LogP) is 3.45. The molecule has 96 valence electrons. The van der Waals surface area contributed by atoms with E-state index in [9.17, 15) is 4.39 Å². The normalized spacial score (nSPS) is 10.2. The summed E-state index contributed by atoms with van der Waals surface area (Å²) in [6.07, 6.45) is 0. The van der Waals surface area contributed by atoms with E-state index in [1.165, 1.54) is 17.8 Å². The smallest absolute Gasteiger partial charge is 0.144 e. The van der Waals surface area contributed by atoms with Gasteiger partial charge in [-0.3, -0.25) is 0 Å². The van der Waals surface area contributed by atoms with Gasteiger partial charge in [-0.15, -0.1) is 11.8 Å². The summed E-state index contributed by atoms with van der Waals surface area (Å²) in [6, 6.07) is 14.6. The highest BCUT2D eigenvalue weighted by atomic mass is 32.2. The Kier molecular flexibility index (Phi) is 4.56. The third-order valence-corrected chi connectivity index (χ3v) is 3.81. The minimum atomic E-state index is -0.420. The van der Waals surface area contributed by atoms with Crippen LogP contribution in [0, 0.1) is 17.1 Å². The average molecular weight is 272 g/mol. The molecule has 0 radical (unpaired) electrons. The van der Waals surface area contributed by atoms with E-state index >= 15 is 0 Å². The van der Waals surface area contributed by atoms with Crippen molar-refractivity contribution >= 4 is 11.8 Å². The van der Waals surface area contributed by atoms with Gasteiger partial charge >= 0.3 is 0 Å². The third kappa shape index (κ3) is 3.34. The number of benzene rings is 2. The molecule has 0 aromatic heterocycles. The maximum atomic E-state index is 13.8. The minimum Gasteiger partial charge on any atom is -0.326 e. The molecule has 0 heterocycles. The van der Waals surface area contributed by atoms with Crippen molar-refractivity contribution in [1.82, 2.24) is 0 Å². The van der Waals surface area contributed by atoms with Crippen molar-refractivity contribution in [3.63, 3.8) is 0 Å². The third-order valence-electron chi connectivity index (χ3n) is 2.75. The van der Waals surface area contributed by atoms with Gasteiger partial charge in [-0.1, -0.05) is 24.3 Å². The standard InChI is InChI=1S/C15H13FN2S/c16-15-12(9-18)2-1-3-13(15)10-19-14-6-4-11(8-17)5-7-14/h1-7H,8,10,17H2. The van der Waals surface area contributed by atoms with Gasteiger partial charge in [-0.2, -0.15) is 5.26 Å². The van der Waals surface area contributed by atoms with Gasteiger partial charge in [-0.05, 0) is 29.3 Å². The van der Waals surface area contributed by atoms with Crippen LogP contribution in [0.25, 0.3) is 0 Å². The number of halogens is 1. The van der Waals surface area contributed by atoms with E-state index in [-0.39, 0.29) is 5.56 Å². The van der Waals surface area contributed by atoms with Gasteiger partial charge in [0.25, 0.3) is 0 Å². The van der Waals surface area contributed by atoms with Gasteiger partial charge in [0.1, 0.15) is 11.9 Å². The lowest BCUT2D eigenvalue weighted by Crippen LogP contribution is -1.95. The SMILES string of the molecule is N#Cc1cccc(CSc2ccc(CN)cc2)c1F. The molecule has 4 heteroatoms. The van der Waals surface area contributed by atoms with Crippen LogP contribution >= 0.6 is 11.8 Å². The molecular formula is C15H13FN2S. The van der Waals surface area contributed by atoms with Crippen molar-refractivity contribution in [2.24, 2.45) is 5.73 Å². The molecule has 0 saturated carbocycles. The average Bonchev–Trinajstić information content (AvgIpc) is 2.47. The molecule has 0 saturated heterocycles. The highest BCUT2D eigenvalue weighted by Gasteiger charge is 2.07. The molecule has 0 bridgehead atoms. The van der Waals surface area contributed by atoms with Crippen LogP contribution in [-0.2, 0) is 12.3 Å². The Morgan fingerprint density at radius 1 is 1.16 bits per heavy atom. The van der Waals surface area contributed by atoms with E-state index in [2.05, 4.69) is 0 Å². The van der Waals surface area contributed by atoms with Gasteiger partial charge in [0.2, 0.25) is 0 Å². The van der Waals surface area contributed by atoms with Crippen LogP contribution in [0.15, 0.2) is 47.4 Å². The molecule has 0 aliphatic rings. The highest BCUT2D eigenvalue weighted by molar-refractivity contribution is 7.98. The molecular weight excluding hydrogens is 259 g/mol. The molecule has 2 nitrogen and oxygen atoms in total. The summed E-state index contributed by atoms with van der Waals surface area (Å²) in [5.41, 5.74) is 7.24. The van der Waals surface area contributed by atoms with E-state index in [1.807, 2.05) is 30.3 Å². The summed E-state index contributed by atoms with van der Waals surface area (Å²) in [6.45, 7) is 0.518. The van der Waals surface area contributed by atoms with Crippen molar-refractivity contribution in [2.75, 3.05) is 0 Å². The van der Waals surface area contributed by atoms with Crippen LogP contribution in [-0.4, -0.2) is 0 Å². The van der Waals surface area contributed by atoms with Crippen LogP contribution in [0.3, 0.4) is 0 Å². The number of hydrogen-bond acceptors (Lipinski definition) is 3. The molecule has 2 aromatic rings. The lowest BCUT2D eigenvalue weighted by Gasteiger charge is -2.05. The summed E-state index contributed by atoms with van der Waals surface area (Å²) in [4.78, 5) is 1.05. The summed E-state index contributed by atoms with van der Waals surface area (Å²) in [5, 5.41) is 8.78. The number of nitriles is 1. The number of thioether (sulfide) groups is 1. The van der Waals surface area contributed by atoms with E-state index in [1.54, 1.807) is 12.1 Å². The van der Waals surface area contributed by atoms with Crippen molar-refractivity contribution in [3.05, 3.63) is 65.0 Å². The van der Waals surface area contributed by atoms with Crippen LogP contribution < -0.4 is 5.73 Å². The Morgan fingerprint density at radius 3 is 2.53 bits per heavy atom. The highest BCUT2D eigenvalue weighted by Crippen LogP contribution is 2.25. The van der Waals surface area contributed by atoms with Crippen LogP contribution in [0.4, 0.5) is 4.39 Å². The Labute approximate surface area is 116 Å². The lowest BCUT2D eigenvalue weighted by atomic mass is 10.1. The first kappa shape index (κ1) is 13.6. The topological polar surface area (TPSA) is 49.8 Å². The minimum absolute atomic E-state index is 0.0941. The summed E-state index contributed by atoms with van der Waals surface area (Å²) < 4.78 is 13.8. The summed E-state index contributed by atoms with van der Waals surface area (Å²) in [7, 11) is 0. The summed E-state index contributed by atoms with van der Waals surface area (Å²) >= 11 is 1.54. The molecule has 0 spiro atoms. The van der Waals surface area contributed by atoms with Gasteiger partial charge < -0.3 is 5.73 Å². The fourth-order valence-corrected chi connectivity index (χ4v) is 2.53. The predicted molar refractivity (Wildman–Crippen MR) is 75.0 cm³/mol. The van der Waals surface area contributed by atoms with Crippen molar-refractivity contribution in [1.29, 1.82) is 5.26 Å². The van der Waals surface area contributed by atoms with Crippen molar-refractivity contribution in [2.45, 2.75) is 17.2 Å². The maximum absolute atomic E-state index is 13.8. The Bertz CT molecular complexity index is 603. The zero-order valence-electron chi connectivity index (χ0n) is 10.3. The summed E-state index contributed by atoms with van der Waals surface area (Å²) in [5.74, 6) is 0.0830. The van der Waals surface area contributed by atoms with Gasteiger partial charge in [0.05, 0.1) is 5.56 Å². The molecule has 0 atom stereocenters. The number of rotatable bonds is 4. The van der Waals surface area contributed by atoms with E-state index in [0.717, 1.165) is 10.5 Å². The first-order chi connectivity index (χ1) is 9.24. The second-order valence-corrected chi connectivity index (χ2v) is 5.08. The van der Waals surface area contributed by atoms with E-state index < -0.39 is 5.82 Å². The lowest BCUT2D eigenvalue weighted by molar-refractivity contribution is 0.613. The molecule has 0 amide bonds. The molecule has 0 aliphatic carbocycles. The van der Waals surface area contributed by atoms with E-state index in [0.29, 0.717) is 17.9 Å². The second-order valence-electron chi connectivity index (χ2n) is 4.03. The van der Waals surface area contributed by atoms with Crippen LogP contribution in [0.5, 0.6) is 0 Å². The first-order valence-electron chi connectivity index (χ1n) is 5.84. The number of nitrogens with two attached hydrogens (primary N) is 1. The largest absolute Gasteiger partial charge is 0.326 e. The fraction of sp³-hybridized carbons (Fsp3) is 0.133. The quantitative estimate of drug-likeness (QED) is 0.867. The molecule has 2 N–H and O–H groups in total. The van der Waals surface area contributed by atoms with Crippen molar-refractivity contribution < 1.29 is 4.39 Å². The van der Waals surface area contributed by atoms with E-state index in [4.69, 9.17) is 11.0 Å². The van der Waals surface area contributed by atoms with Gasteiger partial charge in [-0.25, -0.2) is 4.39 Å². The monoisotopic (exact) mass is 272 g/mol. The Hall–Kier alpha value is -1.83. The van der Waals surface area contributed by atoms with Crippen LogP contribution in [0.1, 0.15) is 16.7 Å². The number of hydrogen-bond donors (Lipinski definition) is 1. The zero-order valence-corrected chi connectivity index (χ0v) is 11.1. The van der Waals surface area contributed by atoms with Crippen LogP contribution in [0.2, 0.25) is 0 Å². The van der Waals surface area contributed by atoms with Gasteiger partial charge in [0, 0.05) is 17.2 Å². The molecule has 0 unspecified atom stereocenters. The zero-order chi connectivity index (χ0) is 13.7. The molecule has 2 rings (SSSR count). The second kappa shape index (κ2) is 6.37. The molecule has 0 fully saturated rings. The first-order valence-corrected chi connectivity index (χ1v) is 6.82. The number of nitrogens with zero attached hydrogens (tertiary/aromatic N) is 1. The Balaban J connectivity index is 2.08. The molecule has 2 aromatic carbocycles. The Morgan fingerprint density at radius 2 is 1.89 bits per heavy atom. The maximum Gasteiger partial charge on any atom is 0.144 e. The van der Waals surface area contributed by atoms with Crippen molar-refractivity contribution in [3.8, 4) is 6.07 Å².